The van der Waals surface area contributed by atoms with Gasteiger partial charge in [-0.05, 0) is 18.5 Å². The number of rotatable bonds is 6. The first-order valence-corrected chi connectivity index (χ1v) is 8.07. The maximum absolute atomic E-state index is 12.2. The summed E-state index contributed by atoms with van der Waals surface area (Å²) in [6, 6.07) is 1.62. The number of nitrogens with one attached hydrogen (secondary N) is 2. The van der Waals surface area contributed by atoms with E-state index in [-0.39, 0.29) is 6.54 Å². The quantitative estimate of drug-likeness (QED) is 0.822. The van der Waals surface area contributed by atoms with Crippen LogP contribution in [-0.4, -0.2) is 25.0 Å². The van der Waals surface area contributed by atoms with Gasteiger partial charge in [-0.15, -0.1) is 11.3 Å². The summed E-state index contributed by atoms with van der Waals surface area (Å²) in [5, 5.41) is 4.74. The highest BCUT2D eigenvalue weighted by molar-refractivity contribution is 7.89. The van der Waals surface area contributed by atoms with E-state index < -0.39 is 10.0 Å². The Kier molecular flexibility index (Phi) is 4.35. The summed E-state index contributed by atoms with van der Waals surface area (Å²) in [6.45, 7) is 0.719. The maximum atomic E-state index is 12.2. The molecular formula is C11H16N4O2S2. The SMILES string of the molecule is CNCc1sccc1S(=O)(=O)NCc1nccn1C. The molecule has 0 aliphatic heterocycles. The molecule has 0 fully saturated rings. The molecule has 0 aliphatic carbocycles. The molecule has 0 unspecified atom stereocenters. The van der Waals surface area contributed by atoms with Crippen LogP contribution in [0.1, 0.15) is 10.7 Å². The van der Waals surface area contributed by atoms with Crippen molar-refractivity contribution in [3.05, 3.63) is 34.5 Å². The molecule has 2 rings (SSSR count). The third kappa shape index (κ3) is 3.21. The number of hydrogen-bond acceptors (Lipinski definition) is 5. The first kappa shape index (κ1) is 14.2. The van der Waals surface area contributed by atoms with Crippen LogP contribution in [0.4, 0.5) is 0 Å². The van der Waals surface area contributed by atoms with Crippen LogP contribution in [0.15, 0.2) is 28.7 Å². The molecule has 0 radical (unpaired) electrons. The Morgan fingerprint density at radius 1 is 1.42 bits per heavy atom. The Morgan fingerprint density at radius 2 is 2.21 bits per heavy atom. The second kappa shape index (κ2) is 5.83. The standard InChI is InChI=1S/C11H16N4O2S2/c1-12-7-9-10(3-6-18-9)19(16,17)14-8-11-13-4-5-15(11)2/h3-6,12,14H,7-8H2,1-2H3. The third-order valence-corrected chi connectivity index (χ3v) is 5.21. The number of hydrogen-bond donors (Lipinski definition) is 2. The van der Waals surface area contributed by atoms with Crippen LogP contribution < -0.4 is 10.0 Å². The molecule has 2 N–H and O–H groups in total. The summed E-state index contributed by atoms with van der Waals surface area (Å²) >= 11 is 1.42. The minimum absolute atomic E-state index is 0.181. The zero-order valence-electron chi connectivity index (χ0n) is 10.8. The lowest BCUT2D eigenvalue weighted by Crippen LogP contribution is -2.25. The van der Waals surface area contributed by atoms with Gasteiger partial charge in [-0.25, -0.2) is 18.1 Å². The van der Waals surface area contributed by atoms with Crippen LogP contribution >= 0.6 is 11.3 Å². The molecule has 0 spiro atoms. The summed E-state index contributed by atoms with van der Waals surface area (Å²) in [7, 11) is 0.121. The van der Waals surface area contributed by atoms with Gasteiger partial charge in [0.2, 0.25) is 10.0 Å². The normalized spacial score (nSPS) is 11.9. The van der Waals surface area contributed by atoms with Gasteiger partial charge in [-0.2, -0.15) is 0 Å². The number of aromatic nitrogens is 2. The average molecular weight is 300 g/mol. The van der Waals surface area contributed by atoms with Crippen LogP contribution in [0.25, 0.3) is 0 Å². The molecule has 6 nitrogen and oxygen atoms in total. The van der Waals surface area contributed by atoms with E-state index in [2.05, 4.69) is 15.0 Å². The fourth-order valence-corrected chi connectivity index (χ4v) is 4.10. The average Bonchev–Trinajstić information content (AvgIpc) is 2.97. The second-order valence-corrected chi connectivity index (χ2v) is 6.75. The molecule has 2 heterocycles. The number of imidazole rings is 1. The van der Waals surface area contributed by atoms with Gasteiger partial charge in [0.15, 0.2) is 0 Å². The molecule has 2 aromatic rings. The smallest absolute Gasteiger partial charge is 0.242 e. The summed E-state index contributed by atoms with van der Waals surface area (Å²) in [4.78, 5) is 5.22. The Hall–Kier alpha value is -1.22. The summed E-state index contributed by atoms with van der Waals surface area (Å²) < 4.78 is 28.8. The van der Waals surface area contributed by atoms with Gasteiger partial charge in [-0.1, -0.05) is 0 Å². The third-order valence-electron chi connectivity index (χ3n) is 2.67. The van der Waals surface area contributed by atoms with E-state index in [1.165, 1.54) is 11.3 Å². The summed E-state index contributed by atoms with van der Waals surface area (Å²) in [5.74, 6) is 0.675. The van der Waals surface area contributed by atoms with E-state index in [0.717, 1.165) is 4.88 Å². The van der Waals surface area contributed by atoms with E-state index in [1.807, 2.05) is 7.05 Å². The summed E-state index contributed by atoms with van der Waals surface area (Å²) in [5.41, 5.74) is 0. The lowest BCUT2D eigenvalue weighted by molar-refractivity contribution is 0.576. The molecule has 8 heteroatoms. The van der Waals surface area contributed by atoms with E-state index in [4.69, 9.17) is 0 Å². The fourth-order valence-electron chi connectivity index (χ4n) is 1.66. The Labute approximate surface area is 116 Å². The maximum Gasteiger partial charge on any atom is 0.242 e. The predicted molar refractivity (Wildman–Crippen MR) is 74.3 cm³/mol. The fraction of sp³-hybridized carbons (Fsp3) is 0.364. The van der Waals surface area contributed by atoms with Gasteiger partial charge in [0, 0.05) is 30.9 Å². The molecular weight excluding hydrogens is 284 g/mol. The van der Waals surface area contributed by atoms with Gasteiger partial charge < -0.3 is 9.88 Å². The molecule has 0 amide bonds. The highest BCUT2D eigenvalue weighted by atomic mass is 32.2. The topological polar surface area (TPSA) is 76.0 Å². The van der Waals surface area contributed by atoms with Crippen molar-refractivity contribution in [2.24, 2.45) is 7.05 Å². The van der Waals surface area contributed by atoms with E-state index in [0.29, 0.717) is 17.3 Å². The van der Waals surface area contributed by atoms with Crippen LogP contribution in [0.3, 0.4) is 0 Å². The van der Waals surface area contributed by atoms with Crippen LogP contribution in [0.2, 0.25) is 0 Å². The zero-order chi connectivity index (χ0) is 13.9. The zero-order valence-corrected chi connectivity index (χ0v) is 12.4. The molecule has 2 aromatic heterocycles. The van der Waals surface area contributed by atoms with Gasteiger partial charge >= 0.3 is 0 Å². The Morgan fingerprint density at radius 3 is 2.84 bits per heavy atom. The summed E-state index contributed by atoms with van der Waals surface area (Å²) in [6.07, 6.45) is 3.42. The Bertz CT molecular complexity index is 645. The van der Waals surface area contributed by atoms with Crippen molar-refractivity contribution in [1.82, 2.24) is 19.6 Å². The number of nitrogens with zero attached hydrogens (tertiary/aromatic N) is 2. The van der Waals surface area contributed by atoms with Crippen molar-refractivity contribution in [1.29, 1.82) is 0 Å². The molecule has 0 atom stereocenters. The molecule has 104 valence electrons. The van der Waals surface area contributed by atoms with Gasteiger partial charge in [0.25, 0.3) is 0 Å². The van der Waals surface area contributed by atoms with Crippen molar-refractivity contribution in [2.75, 3.05) is 7.05 Å². The number of aryl methyl sites for hydroxylation is 1. The van der Waals surface area contributed by atoms with E-state index in [1.54, 1.807) is 35.5 Å². The largest absolute Gasteiger partial charge is 0.337 e. The number of thiophene rings is 1. The number of sulfonamides is 1. The van der Waals surface area contributed by atoms with Crippen molar-refractivity contribution in [2.45, 2.75) is 18.0 Å². The molecule has 0 saturated heterocycles. The van der Waals surface area contributed by atoms with Crippen LogP contribution in [0.5, 0.6) is 0 Å². The minimum Gasteiger partial charge on any atom is -0.337 e. The van der Waals surface area contributed by atoms with E-state index in [9.17, 15) is 8.42 Å². The van der Waals surface area contributed by atoms with Gasteiger partial charge in [0.1, 0.15) is 5.82 Å². The van der Waals surface area contributed by atoms with Crippen molar-refractivity contribution in [3.8, 4) is 0 Å². The van der Waals surface area contributed by atoms with Gasteiger partial charge in [0.05, 0.1) is 11.4 Å². The molecule has 0 saturated carbocycles. The predicted octanol–water partition coefficient (Wildman–Crippen LogP) is 0.679. The van der Waals surface area contributed by atoms with E-state index >= 15 is 0 Å². The van der Waals surface area contributed by atoms with Gasteiger partial charge in [-0.3, -0.25) is 0 Å². The lowest BCUT2D eigenvalue weighted by atomic mass is 10.5. The van der Waals surface area contributed by atoms with Crippen molar-refractivity contribution in [3.63, 3.8) is 0 Å². The Balaban J connectivity index is 2.14. The van der Waals surface area contributed by atoms with Crippen LogP contribution in [-0.2, 0) is 30.2 Å². The van der Waals surface area contributed by atoms with Crippen molar-refractivity contribution >= 4 is 21.4 Å². The lowest BCUT2D eigenvalue weighted by Gasteiger charge is -2.07. The van der Waals surface area contributed by atoms with Crippen LogP contribution in [0, 0.1) is 0 Å². The minimum atomic E-state index is -3.50. The highest BCUT2D eigenvalue weighted by Gasteiger charge is 2.19. The molecule has 0 aliphatic rings. The molecule has 19 heavy (non-hydrogen) atoms. The molecule has 0 bridgehead atoms. The second-order valence-electron chi connectivity index (χ2n) is 4.02. The monoisotopic (exact) mass is 300 g/mol. The first-order valence-electron chi connectivity index (χ1n) is 5.71. The first-order chi connectivity index (χ1) is 9.04. The highest BCUT2D eigenvalue weighted by Crippen LogP contribution is 2.21. The molecule has 0 aromatic carbocycles. The van der Waals surface area contributed by atoms with Crippen molar-refractivity contribution < 1.29 is 8.42 Å².